The predicted molar refractivity (Wildman–Crippen MR) is 125 cm³/mol. The van der Waals surface area contributed by atoms with Gasteiger partial charge in [0, 0.05) is 35.6 Å². The first-order valence-corrected chi connectivity index (χ1v) is 11.7. The Morgan fingerprint density at radius 1 is 1.26 bits per heavy atom. The molecule has 1 unspecified atom stereocenters. The van der Waals surface area contributed by atoms with Crippen LogP contribution in [-0.4, -0.2) is 57.2 Å². The summed E-state index contributed by atoms with van der Waals surface area (Å²) in [5.41, 5.74) is 2.87. The average molecular weight is 487 g/mol. The number of aliphatic hydroxyl groups is 3. The fraction of sp³-hybridized carbons (Fsp3) is 0.480. The maximum absolute atomic E-state index is 13.5. The minimum Gasteiger partial charge on any atom is -0.508 e. The number of Topliss-reactive ketones (excluding diaryl/α,β-unsaturated/α-hetero) is 2. The molecule has 3 aliphatic rings. The smallest absolute Gasteiger partial charge is 0.255 e. The van der Waals surface area contributed by atoms with Gasteiger partial charge < -0.3 is 36.2 Å². The van der Waals surface area contributed by atoms with E-state index in [4.69, 9.17) is 10.5 Å². The number of ether oxygens (including phenoxy) is 1. The van der Waals surface area contributed by atoms with E-state index in [2.05, 4.69) is 12.2 Å². The van der Waals surface area contributed by atoms with E-state index in [0.29, 0.717) is 23.4 Å². The number of rotatable bonds is 7. The van der Waals surface area contributed by atoms with Gasteiger partial charge in [0.05, 0.1) is 12.7 Å². The van der Waals surface area contributed by atoms with Crippen molar-refractivity contribution in [2.24, 2.45) is 17.6 Å². The van der Waals surface area contributed by atoms with Crippen molar-refractivity contribution in [1.82, 2.24) is 5.32 Å². The zero-order valence-electron chi connectivity index (χ0n) is 19.7. The van der Waals surface area contributed by atoms with E-state index in [-0.39, 0.29) is 36.1 Å². The fourth-order valence-electron chi connectivity index (χ4n) is 5.64. The number of amides is 1. The van der Waals surface area contributed by atoms with Crippen molar-refractivity contribution in [3.05, 3.63) is 39.7 Å². The van der Waals surface area contributed by atoms with E-state index >= 15 is 0 Å². The number of carbonyl (C=O) groups is 3. The lowest BCUT2D eigenvalue weighted by atomic mass is 9.59. The van der Waals surface area contributed by atoms with Crippen LogP contribution in [-0.2, 0) is 27.3 Å². The third kappa shape index (κ3) is 3.68. The number of benzene rings is 1. The zero-order valence-corrected chi connectivity index (χ0v) is 19.7. The number of unbranched alkanes of at least 4 members (excludes halogenated alkanes) is 1. The summed E-state index contributed by atoms with van der Waals surface area (Å²) in [6, 6.07) is 1.46. The summed E-state index contributed by atoms with van der Waals surface area (Å²) in [5.74, 6) is -6.02. The van der Waals surface area contributed by atoms with Gasteiger partial charge in [0.15, 0.2) is 11.4 Å². The highest BCUT2D eigenvalue weighted by molar-refractivity contribution is 6.22. The lowest BCUT2D eigenvalue weighted by molar-refractivity contribution is -0.147. The molecule has 0 saturated heterocycles. The molecule has 1 saturated carbocycles. The van der Waals surface area contributed by atoms with Crippen LogP contribution in [0.5, 0.6) is 11.5 Å². The summed E-state index contributed by atoms with van der Waals surface area (Å²) in [4.78, 5) is 37.7. The molecular weight excluding hydrogens is 456 g/mol. The van der Waals surface area contributed by atoms with Crippen molar-refractivity contribution in [2.75, 3.05) is 13.7 Å². The standard InChI is InChI=1S/C25H30N2O8/c1-3-4-5-27-10-12-8-15(28)18-14(21(12)35-2)7-11-6-13-9-16(29)19(24(26)33)23(32)25(13,34)22(31)17(11)20(18)30/h8,11,13,27-28,30,32,34H,3-7,9-10H2,1-2H3,(H2,26,33)/t11?,13-,25-/m0/s1. The monoisotopic (exact) mass is 486 g/mol. The zero-order chi connectivity index (χ0) is 25.7. The Morgan fingerprint density at radius 2 is 1.97 bits per heavy atom. The van der Waals surface area contributed by atoms with Crippen LogP contribution < -0.4 is 15.8 Å². The number of carbonyl (C=O) groups excluding carboxylic acids is 3. The lowest BCUT2D eigenvalue weighted by Gasteiger charge is -2.46. The van der Waals surface area contributed by atoms with Gasteiger partial charge in [-0.3, -0.25) is 14.4 Å². The third-order valence-electron chi connectivity index (χ3n) is 7.32. The molecule has 10 heteroatoms. The second-order valence-electron chi connectivity index (χ2n) is 9.38. The van der Waals surface area contributed by atoms with Crippen molar-refractivity contribution in [3.63, 3.8) is 0 Å². The maximum atomic E-state index is 13.5. The second-order valence-corrected chi connectivity index (χ2v) is 9.38. The molecule has 0 aromatic heterocycles. The van der Waals surface area contributed by atoms with Gasteiger partial charge in [-0.25, -0.2) is 0 Å². The fourth-order valence-corrected chi connectivity index (χ4v) is 5.64. The molecule has 0 aliphatic heterocycles. The van der Waals surface area contributed by atoms with Gasteiger partial charge in [-0.15, -0.1) is 0 Å². The highest BCUT2D eigenvalue weighted by Crippen LogP contribution is 2.53. The number of aromatic hydroxyl groups is 1. The molecular formula is C25H30N2O8. The van der Waals surface area contributed by atoms with Gasteiger partial charge >= 0.3 is 0 Å². The topological polar surface area (TPSA) is 179 Å². The van der Waals surface area contributed by atoms with Crippen molar-refractivity contribution < 1.29 is 39.5 Å². The number of hydrogen-bond donors (Lipinski definition) is 6. The summed E-state index contributed by atoms with van der Waals surface area (Å²) in [7, 11) is 1.48. The number of phenolic OH excluding ortho intramolecular Hbond substituents is 1. The van der Waals surface area contributed by atoms with Crippen LogP contribution in [0.3, 0.4) is 0 Å². The Bertz CT molecular complexity index is 1180. The molecule has 1 aromatic carbocycles. The summed E-state index contributed by atoms with van der Waals surface area (Å²) in [6.45, 7) is 3.29. The van der Waals surface area contributed by atoms with E-state index in [0.717, 1.165) is 19.4 Å². The van der Waals surface area contributed by atoms with E-state index in [1.54, 1.807) is 0 Å². The quantitative estimate of drug-likeness (QED) is 0.245. The SMILES string of the molecule is CCCCNCc1cc(O)c2c(c1OC)CC1C[C@H]3CC(=O)C(C(N)=O)=C(O)[C@@]3(O)C(=O)C1=C2O. The highest BCUT2D eigenvalue weighted by atomic mass is 16.5. The van der Waals surface area contributed by atoms with Crippen molar-refractivity contribution in [2.45, 2.75) is 51.2 Å². The van der Waals surface area contributed by atoms with Crippen LogP contribution in [0.2, 0.25) is 0 Å². The molecule has 1 fully saturated rings. The highest BCUT2D eigenvalue weighted by Gasteiger charge is 2.60. The van der Waals surface area contributed by atoms with Gasteiger partial charge in [0.2, 0.25) is 5.78 Å². The molecule has 0 spiro atoms. The molecule has 0 heterocycles. The Balaban J connectivity index is 1.82. The van der Waals surface area contributed by atoms with E-state index < -0.39 is 52.0 Å². The number of hydrogen-bond acceptors (Lipinski definition) is 9. The number of nitrogens with one attached hydrogen (secondary N) is 1. The molecule has 0 bridgehead atoms. The van der Waals surface area contributed by atoms with E-state index in [9.17, 15) is 34.8 Å². The van der Waals surface area contributed by atoms with Gasteiger partial charge in [0.25, 0.3) is 5.91 Å². The average Bonchev–Trinajstić information content (AvgIpc) is 2.78. The Labute approximate surface area is 202 Å². The summed E-state index contributed by atoms with van der Waals surface area (Å²) < 4.78 is 5.64. The molecule has 188 valence electrons. The first kappa shape index (κ1) is 24.7. The molecule has 3 aliphatic carbocycles. The number of primary amides is 1. The molecule has 7 N–H and O–H groups in total. The van der Waals surface area contributed by atoms with Crippen LogP contribution in [0, 0.1) is 11.8 Å². The molecule has 35 heavy (non-hydrogen) atoms. The van der Waals surface area contributed by atoms with Gasteiger partial charge in [-0.1, -0.05) is 13.3 Å². The molecule has 1 amide bonds. The van der Waals surface area contributed by atoms with Gasteiger partial charge in [-0.2, -0.15) is 0 Å². The van der Waals surface area contributed by atoms with Crippen molar-refractivity contribution in [3.8, 4) is 11.5 Å². The van der Waals surface area contributed by atoms with Crippen LogP contribution in [0.25, 0.3) is 5.76 Å². The summed E-state index contributed by atoms with van der Waals surface area (Å²) in [6.07, 6.45) is 1.93. The first-order chi connectivity index (χ1) is 16.6. The summed E-state index contributed by atoms with van der Waals surface area (Å²) >= 11 is 0. The minimum atomic E-state index is -2.57. The predicted octanol–water partition coefficient (Wildman–Crippen LogP) is 1.32. The van der Waals surface area contributed by atoms with Crippen LogP contribution in [0.4, 0.5) is 0 Å². The normalized spacial score (nSPS) is 25.8. The maximum Gasteiger partial charge on any atom is 0.255 e. The van der Waals surface area contributed by atoms with Crippen molar-refractivity contribution in [1.29, 1.82) is 0 Å². The third-order valence-corrected chi connectivity index (χ3v) is 7.32. The Hall–Kier alpha value is -3.37. The van der Waals surface area contributed by atoms with Crippen LogP contribution >= 0.6 is 0 Å². The molecule has 3 atom stereocenters. The summed E-state index contributed by atoms with van der Waals surface area (Å²) in [5, 5.41) is 47.1. The number of fused-ring (bicyclic) bond motifs is 3. The van der Waals surface area contributed by atoms with E-state index in [1.165, 1.54) is 13.2 Å². The van der Waals surface area contributed by atoms with Gasteiger partial charge in [-0.05, 0) is 37.8 Å². The van der Waals surface area contributed by atoms with Crippen LogP contribution in [0.1, 0.15) is 49.3 Å². The first-order valence-electron chi connectivity index (χ1n) is 11.7. The van der Waals surface area contributed by atoms with Gasteiger partial charge in [0.1, 0.15) is 28.6 Å². The molecule has 4 rings (SSSR count). The lowest BCUT2D eigenvalue weighted by Crippen LogP contribution is -2.58. The number of methoxy groups -OCH3 is 1. The number of aliphatic hydroxyl groups excluding tert-OH is 2. The Morgan fingerprint density at radius 3 is 2.60 bits per heavy atom. The van der Waals surface area contributed by atoms with E-state index in [1.807, 2.05) is 0 Å². The molecule has 0 radical (unpaired) electrons. The number of ketones is 2. The largest absolute Gasteiger partial charge is 0.508 e. The number of nitrogens with two attached hydrogens (primary N) is 1. The van der Waals surface area contributed by atoms with Crippen LogP contribution in [0.15, 0.2) is 23.0 Å². The molecule has 10 nitrogen and oxygen atoms in total. The second kappa shape index (κ2) is 9.01. The Kier molecular flexibility index (Phi) is 6.37. The molecule has 1 aromatic rings. The van der Waals surface area contributed by atoms with Crippen molar-refractivity contribution >= 4 is 23.2 Å². The minimum absolute atomic E-state index is 0.0197. The number of phenols is 1.